The van der Waals surface area contributed by atoms with Gasteiger partial charge in [0.1, 0.15) is 6.04 Å². The van der Waals surface area contributed by atoms with Crippen LogP contribution in [0.2, 0.25) is 0 Å². The number of hydrogen-bond acceptors (Lipinski definition) is 3. The molecular weight excluding hydrogens is 348 g/mol. The van der Waals surface area contributed by atoms with Gasteiger partial charge in [0.05, 0.1) is 5.56 Å². The molecule has 1 unspecified atom stereocenters. The van der Waals surface area contributed by atoms with Crippen LogP contribution in [0.5, 0.6) is 0 Å². The summed E-state index contributed by atoms with van der Waals surface area (Å²) in [5.74, 6) is -0.140. The normalized spacial score (nSPS) is 24.5. The minimum absolute atomic E-state index is 0.126. The van der Waals surface area contributed by atoms with Crippen LogP contribution in [0.3, 0.4) is 0 Å². The molecule has 0 radical (unpaired) electrons. The van der Waals surface area contributed by atoms with E-state index in [1.807, 2.05) is 6.07 Å². The lowest BCUT2D eigenvalue weighted by atomic mass is 10.0. The molecule has 5 nitrogen and oxygen atoms in total. The average molecular weight is 363 g/mol. The van der Waals surface area contributed by atoms with Crippen molar-refractivity contribution < 1.29 is 14.4 Å². The maximum Gasteiger partial charge on any atom is 0.256 e. The first-order valence-corrected chi connectivity index (χ1v) is 8.31. The first-order chi connectivity index (χ1) is 10.5. The molecule has 22 heavy (non-hydrogen) atoms. The number of rotatable bonds is 2. The first-order valence-electron chi connectivity index (χ1n) is 7.51. The fourth-order valence-electron chi connectivity index (χ4n) is 3.33. The third-order valence-corrected chi connectivity index (χ3v) is 5.27. The Kier molecular flexibility index (Phi) is 3.11. The van der Waals surface area contributed by atoms with Gasteiger partial charge in [0.25, 0.3) is 5.91 Å². The standard InChI is InChI=1S/C16H15BrN2O3/c17-11-6-9(8-1-2-8)5-10-7-19(16(22)14(10)11)12-3-4-13(20)18-15(12)21/h5-6,8,12H,1-4,7H2,(H,18,20,21). The van der Waals surface area contributed by atoms with Crippen LogP contribution in [0.15, 0.2) is 16.6 Å². The molecule has 6 heteroatoms. The van der Waals surface area contributed by atoms with Gasteiger partial charge in [-0.3, -0.25) is 19.7 Å². The molecule has 0 spiro atoms. The molecule has 3 amide bonds. The van der Waals surface area contributed by atoms with E-state index < -0.39 is 6.04 Å². The van der Waals surface area contributed by atoms with Crippen molar-refractivity contribution in [3.8, 4) is 0 Å². The van der Waals surface area contributed by atoms with E-state index in [4.69, 9.17) is 0 Å². The quantitative estimate of drug-likeness (QED) is 0.819. The summed E-state index contributed by atoms with van der Waals surface area (Å²) in [7, 11) is 0. The summed E-state index contributed by atoms with van der Waals surface area (Å²) in [4.78, 5) is 37.6. The zero-order chi connectivity index (χ0) is 15.4. The van der Waals surface area contributed by atoms with Crippen molar-refractivity contribution in [1.29, 1.82) is 0 Å². The van der Waals surface area contributed by atoms with Crippen molar-refractivity contribution in [2.24, 2.45) is 0 Å². The number of hydrogen-bond donors (Lipinski definition) is 1. The monoisotopic (exact) mass is 362 g/mol. The number of carbonyl (C=O) groups is 3. The van der Waals surface area contributed by atoms with Crippen molar-refractivity contribution in [1.82, 2.24) is 10.2 Å². The first kappa shape index (κ1) is 13.9. The van der Waals surface area contributed by atoms with Crippen LogP contribution >= 0.6 is 15.9 Å². The number of carbonyl (C=O) groups excluding carboxylic acids is 3. The van der Waals surface area contributed by atoms with Crippen LogP contribution in [-0.4, -0.2) is 28.7 Å². The lowest BCUT2D eigenvalue weighted by Crippen LogP contribution is -2.52. The fourth-order valence-corrected chi connectivity index (χ4v) is 4.02. The van der Waals surface area contributed by atoms with Crippen LogP contribution in [0.25, 0.3) is 0 Å². The molecule has 1 aromatic rings. The fraction of sp³-hybridized carbons (Fsp3) is 0.438. The Morgan fingerprint density at radius 2 is 1.91 bits per heavy atom. The van der Waals surface area contributed by atoms with E-state index >= 15 is 0 Å². The number of halogens is 1. The highest BCUT2D eigenvalue weighted by Gasteiger charge is 2.40. The molecule has 2 heterocycles. The van der Waals surface area contributed by atoms with Gasteiger partial charge in [0.2, 0.25) is 11.8 Å². The van der Waals surface area contributed by atoms with Gasteiger partial charge in [-0.15, -0.1) is 0 Å². The molecule has 1 aromatic carbocycles. The summed E-state index contributed by atoms with van der Waals surface area (Å²) in [6.45, 7) is 0.444. The van der Waals surface area contributed by atoms with Crippen LogP contribution in [-0.2, 0) is 16.1 Å². The van der Waals surface area contributed by atoms with E-state index in [0.717, 1.165) is 10.0 Å². The van der Waals surface area contributed by atoms with E-state index in [2.05, 4.69) is 27.3 Å². The maximum absolute atomic E-state index is 12.7. The van der Waals surface area contributed by atoms with Gasteiger partial charge in [-0.2, -0.15) is 0 Å². The Hall–Kier alpha value is -1.69. The number of benzene rings is 1. The molecular formula is C16H15BrN2O3. The molecule has 4 rings (SSSR count). The topological polar surface area (TPSA) is 66.5 Å². The van der Waals surface area contributed by atoms with E-state index in [0.29, 0.717) is 24.4 Å². The summed E-state index contributed by atoms with van der Waals surface area (Å²) in [5.41, 5.74) is 2.91. The average Bonchev–Trinajstić information content (AvgIpc) is 3.24. The second-order valence-electron chi connectivity index (χ2n) is 6.21. The highest BCUT2D eigenvalue weighted by molar-refractivity contribution is 9.10. The van der Waals surface area contributed by atoms with E-state index in [9.17, 15) is 14.4 Å². The number of amides is 3. The van der Waals surface area contributed by atoms with Crippen molar-refractivity contribution in [3.63, 3.8) is 0 Å². The highest BCUT2D eigenvalue weighted by atomic mass is 79.9. The predicted molar refractivity (Wildman–Crippen MR) is 82.2 cm³/mol. The summed E-state index contributed by atoms with van der Waals surface area (Å²) in [5, 5.41) is 2.32. The summed E-state index contributed by atoms with van der Waals surface area (Å²) < 4.78 is 0.812. The van der Waals surface area contributed by atoms with Crippen LogP contribution in [0.1, 0.15) is 53.1 Å². The third kappa shape index (κ3) is 2.17. The van der Waals surface area contributed by atoms with Crippen LogP contribution in [0, 0.1) is 0 Å². The van der Waals surface area contributed by atoms with Crippen LogP contribution < -0.4 is 5.32 Å². The smallest absolute Gasteiger partial charge is 0.256 e. The van der Waals surface area contributed by atoms with E-state index in [1.54, 1.807) is 4.90 Å². The third-order valence-electron chi connectivity index (χ3n) is 4.64. The predicted octanol–water partition coefficient (Wildman–Crippen LogP) is 2.09. The van der Waals surface area contributed by atoms with Gasteiger partial charge in [0.15, 0.2) is 0 Å². The van der Waals surface area contributed by atoms with Gasteiger partial charge in [-0.25, -0.2) is 0 Å². The molecule has 0 bridgehead atoms. The molecule has 3 aliphatic rings. The van der Waals surface area contributed by atoms with Gasteiger partial charge >= 0.3 is 0 Å². The molecule has 1 atom stereocenters. The Bertz CT molecular complexity index is 712. The Labute approximate surface area is 136 Å². The van der Waals surface area contributed by atoms with Crippen molar-refractivity contribution in [2.75, 3.05) is 0 Å². The van der Waals surface area contributed by atoms with Gasteiger partial charge in [0, 0.05) is 17.4 Å². The molecule has 1 saturated carbocycles. The Morgan fingerprint density at radius 3 is 2.59 bits per heavy atom. The number of piperidine rings is 1. The molecule has 1 N–H and O–H groups in total. The molecule has 2 fully saturated rings. The Balaban J connectivity index is 1.65. The van der Waals surface area contributed by atoms with E-state index in [-0.39, 0.29) is 24.1 Å². The van der Waals surface area contributed by atoms with Crippen molar-refractivity contribution in [2.45, 2.75) is 44.2 Å². The zero-order valence-corrected chi connectivity index (χ0v) is 13.5. The van der Waals surface area contributed by atoms with Gasteiger partial charge < -0.3 is 4.90 Å². The van der Waals surface area contributed by atoms with Crippen molar-refractivity contribution >= 4 is 33.7 Å². The largest absolute Gasteiger partial charge is 0.322 e. The Morgan fingerprint density at radius 1 is 1.14 bits per heavy atom. The number of imide groups is 1. The second-order valence-corrected chi connectivity index (χ2v) is 7.07. The molecule has 2 aliphatic heterocycles. The summed E-state index contributed by atoms with van der Waals surface area (Å²) in [6.07, 6.45) is 3.09. The van der Waals surface area contributed by atoms with Gasteiger partial charge in [-0.1, -0.05) is 6.07 Å². The second kappa shape index (κ2) is 4.91. The maximum atomic E-state index is 12.7. The summed E-state index contributed by atoms with van der Waals surface area (Å²) >= 11 is 3.51. The molecule has 1 aliphatic carbocycles. The minimum atomic E-state index is -0.547. The lowest BCUT2D eigenvalue weighted by molar-refractivity contribution is -0.136. The van der Waals surface area contributed by atoms with Crippen molar-refractivity contribution in [3.05, 3.63) is 33.3 Å². The number of nitrogens with zero attached hydrogens (tertiary/aromatic N) is 1. The summed E-state index contributed by atoms with van der Waals surface area (Å²) in [6, 6.07) is 3.58. The van der Waals surface area contributed by atoms with E-state index in [1.165, 1.54) is 18.4 Å². The highest BCUT2D eigenvalue weighted by Crippen LogP contribution is 2.43. The molecule has 1 saturated heterocycles. The van der Waals surface area contributed by atoms with Crippen LogP contribution in [0.4, 0.5) is 0 Å². The van der Waals surface area contributed by atoms with Gasteiger partial charge in [-0.05, 0) is 58.3 Å². The number of nitrogens with one attached hydrogen (secondary N) is 1. The minimum Gasteiger partial charge on any atom is -0.322 e. The molecule has 114 valence electrons. The lowest BCUT2D eigenvalue weighted by Gasteiger charge is -2.29. The molecule has 0 aromatic heterocycles. The number of fused-ring (bicyclic) bond motifs is 1. The zero-order valence-electron chi connectivity index (χ0n) is 11.9. The SMILES string of the molecule is O=C1CCC(N2Cc3cc(C4CC4)cc(Br)c3C2=O)C(=O)N1.